The molecule has 0 bridgehead atoms. The summed E-state index contributed by atoms with van der Waals surface area (Å²) in [5, 5.41) is 24.0. The van der Waals surface area contributed by atoms with E-state index in [1.54, 1.807) is 16.9 Å². The van der Waals surface area contributed by atoms with Crippen LogP contribution < -0.4 is 5.32 Å². The molecular formula is C14H10BrClN6O3. The van der Waals surface area contributed by atoms with Gasteiger partial charge in [0.1, 0.15) is 4.47 Å². The van der Waals surface area contributed by atoms with Crippen molar-refractivity contribution in [1.82, 2.24) is 20.0 Å². The molecule has 0 aliphatic heterocycles. The van der Waals surface area contributed by atoms with Crippen molar-refractivity contribution in [2.45, 2.75) is 6.54 Å². The third-order valence-electron chi connectivity index (χ3n) is 3.27. The van der Waals surface area contributed by atoms with Crippen molar-refractivity contribution in [1.29, 1.82) is 0 Å². The van der Waals surface area contributed by atoms with Crippen LogP contribution in [0, 0.1) is 10.1 Å². The summed E-state index contributed by atoms with van der Waals surface area (Å²) in [6.07, 6.45) is 3.08. The number of hydrogen-bond acceptors (Lipinski definition) is 5. The van der Waals surface area contributed by atoms with Crippen LogP contribution in [-0.2, 0) is 6.54 Å². The Morgan fingerprint density at radius 2 is 2.20 bits per heavy atom. The molecule has 2 heterocycles. The highest BCUT2D eigenvalue weighted by Crippen LogP contribution is 2.26. The van der Waals surface area contributed by atoms with Crippen LogP contribution in [0.25, 0.3) is 0 Å². The second-order valence-corrected chi connectivity index (χ2v) is 6.16. The summed E-state index contributed by atoms with van der Waals surface area (Å²) in [7, 11) is 0. The molecule has 25 heavy (non-hydrogen) atoms. The lowest BCUT2D eigenvalue weighted by Crippen LogP contribution is -2.12. The number of H-pyrrole nitrogens is 1. The molecule has 1 aromatic carbocycles. The molecule has 0 saturated heterocycles. The predicted molar refractivity (Wildman–Crippen MR) is 93.7 cm³/mol. The number of carbonyl (C=O) groups excluding carboxylic acids is 1. The number of benzene rings is 1. The van der Waals surface area contributed by atoms with Crippen molar-refractivity contribution < 1.29 is 9.72 Å². The lowest BCUT2D eigenvalue weighted by atomic mass is 10.2. The quantitative estimate of drug-likeness (QED) is 0.480. The molecular weight excluding hydrogens is 416 g/mol. The highest BCUT2D eigenvalue weighted by Gasteiger charge is 2.24. The SMILES string of the molecule is O=C(Nc1cnn(Cc2ccccc2Cl)c1)c1n[nH]c([N+](=O)[O-])c1Br. The van der Waals surface area contributed by atoms with Gasteiger partial charge in [-0.1, -0.05) is 34.9 Å². The molecule has 1 amide bonds. The normalized spacial score (nSPS) is 10.6. The van der Waals surface area contributed by atoms with Gasteiger partial charge in [0.2, 0.25) is 0 Å². The van der Waals surface area contributed by atoms with Crippen LogP contribution in [0.3, 0.4) is 0 Å². The second-order valence-electron chi connectivity index (χ2n) is 4.96. The number of nitro groups is 1. The minimum atomic E-state index is -0.671. The van der Waals surface area contributed by atoms with E-state index in [9.17, 15) is 14.9 Å². The first-order valence-electron chi connectivity index (χ1n) is 6.91. The Balaban J connectivity index is 1.72. The minimum Gasteiger partial charge on any atom is -0.358 e. The Hall–Kier alpha value is -2.72. The molecule has 0 aliphatic rings. The number of amides is 1. The fraction of sp³-hybridized carbons (Fsp3) is 0.0714. The molecule has 0 fully saturated rings. The minimum absolute atomic E-state index is 0.0153. The van der Waals surface area contributed by atoms with E-state index in [1.807, 2.05) is 18.2 Å². The molecule has 11 heteroatoms. The molecule has 0 spiro atoms. The lowest BCUT2D eigenvalue weighted by molar-refractivity contribution is -0.390. The molecule has 3 aromatic rings. The first kappa shape index (κ1) is 17.1. The Kier molecular flexibility index (Phi) is 4.81. The van der Waals surface area contributed by atoms with E-state index in [0.29, 0.717) is 17.3 Å². The fourth-order valence-corrected chi connectivity index (χ4v) is 2.79. The summed E-state index contributed by atoms with van der Waals surface area (Å²) in [6, 6.07) is 7.37. The van der Waals surface area contributed by atoms with Gasteiger partial charge in [0.05, 0.1) is 18.4 Å². The van der Waals surface area contributed by atoms with Crippen LogP contribution in [0.5, 0.6) is 0 Å². The van der Waals surface area contributed by atoms with Gasteiger partial charge in [0.25, 0.3) is 5.91 Å². The smallest absolute Gasteiger partial charge is 0.357 e. The average Bonchev–Trinajstić information content (AvgIpc) is 3.16. The topological polar surface area (TPSA) is 119 Å². The van der Waals surface area contributed by atoms with E-state index < -0.39 is 10.8 Å². The van der Waals surface area contributed by atoms with Gasteiger partial charge in [-0.2, -0.15) is 5.10 Å². The molecule has 0 saturated carbocycles. The van der Waals surface area contributed by atoms with Gasteiger partial charge in [-0.25, -0.2) is 0 Å². The van der Waals surface area contributed by atoms with E-state index in [0.717, 1.165) is 5.56 Å². The number of anilines is 1. The highest BCUT2D eigenvalue weighted by atomic mass is 79.9. The van der Waals surface area contributed by atoms with E-state index in [2.05, 4.69) is 36.5 Å². The standard InChI is InChI=1S/C14H10BrClN6O3/c15-11-12(19-20-13(11)22(24)25)14(23)18-9-5-17-21(7-9)6-8-3-1-2-4-10(8)16/h1-5,7H,6H2,(H,18,23)(H,19,20). The maximum Gasteiger partial charge on any atom is 0.357 e. The molecule has 0 atom stereocenters. The highest BCUT2D eigenvalue weighted by molar-refractivity contribution is 9.10. The molecule has 2 aromatic heterocycles. The van der Waals surface area contributed by atoms with Crippen LogP contribution in [0.1, 0.15) is 16.1 Å². The molecule has 0 radical (unpaired) electrons. The summed E-state index contributed by atoms with van der Waals surface area (Å²) in [5.74, 6) is -0.993. The van der Waals surface area contributed by atoms with Crippen molar-refractivity contribution in [3.63, 3.8) is 0 Å². The van der Waals surface area contributed by atoms with E-state index in [-0.39, 0.29) is 16.0 Å². The second kappa shape index (κ2) is 7.03. The van der Waals surface area contributed by atoms with Crippen LogP contribution in [0.2, 0.25) is 5.02 Å². The summed E-state index contributed by atoms with van der Waals surface area (Å²) in [5.41, 5.74) is 1.19. The molecule has 3 rings (SSSR count). The summed E-state index contributed by atoms with van der Waals surface area (Å²) >= 11 is 9.10. The average molecular weight is 426 g/mol. The number of carbonyl (C=O) groups is 1. The molecule has 2 N–H and O–H groups in total. The number of aromatic amines is 1. The number of halogens is 2. The van der Waals surface area contributed by atoms with Gasteiger partial charge in [-0.3, -0.25) is 9.48 Å². The summed E-state index contributed by atoms with van der Waals surface area (Å²) < 4.78 is 1.59. The van der Waals surface area contributed by atoms with Gasteiger partial charge < -0.3 is 15.4 Å². The van der Waals surface area contributed by atoms with E-state index >= 15 is 0 Å². The fourth-order valence-electron chi connectivity index (χ4n) is 2.10. The van der Waals surface area contributed by atoms with Crippen molar-refractivity contribution >= 4 is 44.9 Å². The number of nitrogens with zero attached hydrogens (tertiary/aromatic N) is 4. The largest absolute Gasteiger partial charge is 0.358 e. The third kappa shape index (κ3) is 3.69. The number of nitrogens with one attached hydrogen (secondary N) is 2. The molecule has 128 valence electrons. The number of hydrogen-bond donors (Lipinski definition) is 2. The zero-order valence-corrected chi connectivity index (χ0v) is 14.8. The zero-order valence-electron chi connectivity index (χ0n) is 12.4. The molecule has 0 unspecified atom stereocenters. The van der Waals surface area contributed by atoms with Crippen LogP contribution in [-0.4, -0.2) is 30.8 Å². The van der Waals surface area contributed by atoms with E-state index in [1.165, 1.54) is 6.20 Å². The van der Waals surface area contributed by atoms with Gasteiger partial charge in [0.15, 0.2) is 5.69 Å². The van der Waals surface area contributed by atoms with Crippen molar-refractivity contribution in [2.75, 3.05) is 5.32 Å². The first-order valence-corrected chi connectivity index (χ1v) is 8.08. The van der Waals surface area contributed by atoms with Gasteiger partial charge in [-0.15, -0.1) is 5.10 Å². The van der Waals surface area contributed by atoms with E-state index in [4.69, 9.17) is 11.6 Å². The molecule has 9 nitrogen and oxygen atoms in total. The number of rotatable bonds is 5. The van der Waals surface area contributed by atoms with Crippen molar-refractivity contribution in [2.24, 2.45) is 0 Å². The van der Waals surface area contributed by atoms with Crippen LogP contribution >= 0.6 is 27.5 Å². The Labute approximate surface area is 154 Å². The Morgan fingerprint density at radius 3 is 2.88 bits per heavy atom. The Morgan fingerprint density at radius 1 is 1.44 bits per heavy atom. The Bertz CT molecular complexity index is 954. The summed E-state index contributed by atoms with van der Waals surface area (Å²) in [4.78, 5) is 22.3. The maximum atomic E-state index is 12.2. The van der Waals surface area contributed by atoms with Gasteiger partial charge in [0, 0.05) is 11.2 Å². The van der Waals surface area contributed by atoms with Gasteiger partial charge in [-0.05, 0) is 32.5 Å². The van der Waals surface area contributed by atoms with Gasteiger partial charge >= 0.3 is 5.82 Å². The maximum absolute atomic E-state index is 12.2. The molecule has 0 aliphatic carbocycles. The zero-order chi connectivity index (χ0) is 18.0. The van der Waals surface area contributed by atoms with Crippen molar-refractivity contribution in [3.05, 3.63) is 67.5 Å². The van der Waals surface area contributed by atoms with Crippen molar-refractivity contribution in [3.8, 4) is 0 Å². The first-order chi connectivity index (χ1) is 12.0. The van der Waals surface area contributed by atoms with Crippen LogP contribution in [0.4, 0.5) is 11.5 Å². The van der Waals surface area contributed by atoms with Crippen LogP contribution in [0.15, 0.2) is 41.1 Å². The number of aromatic nitrogens is 4. The summed E-state index contributed by atoms with van der Waals surface area (Å²) in [6.45, 7) is 0.438. The monoisotopic (exact) mass is 424 g/mol. The third-order valence-corrected chi connectivity index (χ3v) is 4.39. The lowest BCUT2D eigenvalue weighted by Gasteiger charge is -2.03. The predicted octanol–water partition coefficient (Wildman–Crippen LogP) is 3.23.